The van der Waals surface area contributed by atoms with Crippen molar-refractivity contribution in [3.63, 3.8) is 0 Å². The van der Waals surface area contributed by atoms with Gasteiger partial charge in [-0.25, -0.2) is 4.39 Å². The van der Waals surface area contributed by atoms with E-state index in [9.17, 15) is 4.39 Å². The lowest BCUT2D eigenvalue weighted by molar-refractivity contribution is 0.628. The van der Waals surface area contributed by atoms with Gasteiger partial charge in [-0.05, 0) is 49.9 Å². The van der Waals surface area contributed by atoms with Gasteiger partial charge in [0, 0.05) is 24.5 Å². The Morgan fingerprint density at radius 3 is 2.37 bits per heavy atom. The van der Waals surface area contributed by atoms with Gasteiger partial charge < -0.3 is 10.2 Å². The molecule has 0 atom stereocenters. The number of hydrogen-bond acceptors (Lipinski definition) is 2. The predicted octanol–water partition coefficient (Wildman–Crippen LogP) is 3.70. The van der Waals surface area contributed by atoms with Gasteiger partial charge in [0.05, 0.1) is 0 Å². The molecule has 0 aliphatic heterocycles. The molecule has 0 unspecified atom stereocenters. The molecule has 0 aliphatic rings. The lowest BCUT2D eigenvalue weighted by atomic mass is 10.1. The van der Waals surface area contributed by atoms with Gasteiger partial charge in [-0.2, -0.15) is 0 Å². The average molecular weight is 258 g/mol. The number of rotatable bonds is 5. The highest BCUT2D eigenvalue weighted by Crippen LogP contribution is 2.28. The summed E-state index contributed by atoms with van der Waals surface area (Å²) in [7, 11) is 1.94. The Balaban J connectivity index is 2.39. The zero-order valence-corrected chi connectivity index (χ0v) is 11.4. The van der Waals surface area contributed by atoms with E-state index in [0.29, 0.717) is 0 Å². The SMILES string of the molecule is CCN(c1ccc(F)cc1)c1ccccc1CNC. The first kappa shape index (κ1) is 13.6. The van der Waals surface area contributed by atoms with Gasteiger partial charge in [-0.15, -0.1) is 0 Å². The fourth-order valence-corrected chi connectivity index (χ4v) is 2.23. The van der Waals surface area contributed by atoms with Crippen LogP contribution < -0.4 is 10.2 Å². The van der Waals surface area contributed by atoms with Crippen molar-refractivity contribution in [3.05, 3.63) is 59.9 Å². The largest absolute Gasteiger partial charge is 0.342 e. The van der Waals surface area contributed by atoms with Crippen molar-refractivity contribution in [1.82, 2.24) is 5.32 Å². The van der Waals surface area contributed by atoms with Gasteiger partial charge in [0.15, 0.2) is 0 Å². The third kappa shape index (κ3) is 3.12. The molecule has 0 spiro atoms. The first-order chi connectivity index (χ1) is 9.26. The highest BCUT2D eigenvalue weighted by atomic mass is 19.1. The summed E-state index contributed by atoms with van der Waals surface area (Å²) < 4.78 is 13.0. The summed E-state index contributed by atoms with van der Waals surface area (Å²) in [6.07, 6.45) is 0. The molecule has 3 heteroatoms. The molecule has 0 fully saturated rings. The quantitative estimate of drug-likeness (QED) is 0.879. The molecule has 100 valence electrons. The Labute approximate surface area is 113 Å². The zero-order chi connectivity index (χ0) is 13.7. The van der Waals surface area contributed by atoms with Crippen molar-refractivity contribution >= 4 is 11.4 Å². The summed E-state index contributed by atoms with van der Waals surface area (Å²) in [4.78, 5) is 2.19. The molecule has 0 saturated heterocycles. The molecule has 0 bridgehead atoms. The second-order valence-corrected chi connectivity index (χ2v) is 4.38. The van der Waals surface area contributed by atoms with Crippen molar-refractivity contribution in [1.29, 1.82) is 0 Å². The monoisotopic (exact) mass is 258 g/mol. The number of nitrogens with one attached hydrogen (secondary N) is 1. The number of benzene rings is 2. The van der Waals surface area contributed by atoms with Gasteiger partial charge >= 0.3 is 0 Å². The summed E-state index contributed by atoms with van der Waals surface area (Å²) in [5, 5.41) is 3.18. The first-order valence-electron chi connectivity index (χ1n) is 6.52. The van der Waals surface area contributed by atoms with Crippen molar-refractivity contribution in [2.24, 2.45) is 0 Å². The van der Waals surface area contributed by atoms with Crippen LogP contribution in [0.4, 0.5) is 15.8 Å². The minimum Gasteiger partial charge on any atom is -0.342 e. The zero-order valence-electron chi connectivity index (χ0n) is 11.4. The van der Waals surface area contributed by atoms with Crippen LogP contribution in [0, 0.1) is 5.82 Å². The highest BCUT2D eigenvalue weighted by molar-refractivity contribution is 5.66. The van der Waals surface area contributed by atoms with Crippen LogP contribution >= 0.6 is 0 Å². The smallest absolute Gasteiger partial charge is 0.123 e. The lowest BCUT2D eigenvalue weighted by Gasteiger charge is -2.26. The van der Waals surface area contributed by atoms with Crippen LogP contribution in [0.25, 0.3) is 0 Å². The fraction of sp³-hybridized carbons (Fsp3) is 0.250. The number of hydrogen-bond donors (Lipinski definition) is 1. The van der Waals surface area contributed by atoms with E-state index in [1.165, 1.54) is 17.7 Å². The maximum Gasteiger partial charge on any atom is 0.123 e. The Morgan fingerprint density at radius 1 is 1.05 bits per heavy atom. The molecule has 0 amide bonds. The summed E-state index contributed by atoms with van der Waals surface area (Å²) in [5.41, 5.74) is 3.40. The second-order valence-electron chi connectivity index (χ2n) is 4.38. The van der Waals surface area contributed by atoms with Crippen LogP contribution in [0.15, 0.2) is 48.5 Å². The average Bonchev–Trinajstić information content (AvgIpc) is 2.44. The van der Waals surface area contributed by atoms with Crippen LogP contribution in [0.3, 0.4) is 0 Å². The van der Waals surface area contributed by atoms with E-state index in [4.69, 9.17) is 0 Å². The third-order valence-electron chi connectivity index (χ3n) is 3.10. The van der Waals surface area contributed by atoms with Crippen molar-refractivity contribution < 1.29 is 4.39 Å². The Morgan fingerprint density at radius 2 is 1.74 bits per heavy atom. The molecule has 2 rings (SSSR count). The number of halogens is 1. The van der Waals surface area contributed by atoms with Crippen LogP contribution in [0.5, 0.6) is 0 Å². The van der Waals surface area contributed by atoms with Gasteiger partial charge in [-0.1, -0.05) is 18.2 Å². The Kier molecular flexibility index (Phi) is 4.53. The minimum absolute atomic E-state index is 0.205. The van der Waals surface area contributed by atoms with Gasteiger partial charge in [0.2, 0.25) is 0 Å². The molecule has 2 aromatic rings. The maximum absolute atomic E-state index is 13.0. The molecule has 0 radical (unpaired) electrons. The molecule has 2 nitrogen and oxygen atoms in total. The summed E-state index contributed by atoms with van der Waals surface area (Å²) in [6, 6.07) is 14.9. The fourth-order valence-electron chi connectivity index (χ4n) is 2.23. The number of nitrogens with zero attached hydrogens (tertiary/aromatic N) is 1. The first-order valence-corrected chi connectivity index (χ1v) is 6.52. The molecule has 0 heterocycles. The molecular formula is C16H19FN2. The minimum atomic E-state index is -0.205. The van der Waals surface area contributed by atoms with E-state index in [2.05, 4.69) is 29.3 Å². The van der Waals surface area contributed by atoms with Crippen LogP contribution in [-0.2, 0) is 6.54 Å². The van der Waals surface area contributed by atoms with Gasteiger partial charge in [0.25, 0.3) is 0 Å². The van der Waals surface area contributed by atoms with Crippen LogP contribution in [0.2, 0.25) is 0 Å². The van der Waals surface area contributed by atoms with Crippen molar-refractivity contribution in [3.8, 4) is 0 Å². The lowest BCUT2D eigenvalue weighted by Crippen LogP contribution is -2.19. The maximum atomic E-state index is 13.0. The van der Waals surface area contributed by atoms with Gasteiger partial charge in [0.1, 0.15) is 5.82 Å². The molecule has 0 saturated carbocycles. The Bertz CT molecular complexity index is 523. The third-order valence-corrected chi connectivity index (χ3v) is 3.10. The van der Waals surface area contributed by atoms with E-state index in [-0.39, 0.29) is 5.82 Å². The standard InChI is InChI=1S/C16H19FN2/c1-3-19(15-10-8-14(17)9-11-15)16-7-5-4-6-13(16)12-18-2/h4-11,18H,3,12H2,1-2H3. The predicted molar refractivity (Wildman–Crippen MR) is 78.3 cm³/mol. The van der Waals surface area contributed by atoms with Crippen molar-refractivity contribution in [2.45, 2.75) is 13.5 Å². The van der Waals surface area contributed by atoms with E-state index in [0.717, 1.165) is 24.5 Å². The van der Waals surface area contributed by atoms with E-state index >= 15 is 0 Å². The Hall–Kier alpha value is -1.87. The van der Waals surface area contributed by atoms with Crippen molar-refractivity contribution in [2.75, 3.05) is 18.5 Å². The second kappa shape index (κ2) is 6.34. The molecule has 1 N–H and O–H groups in total. The van der Waals surface area contributed by atoms with Crippen LogP contribution in [-0.4, -0.2) is 13.6 Å². The summed E-state index contributed by atoms with van der Waals surface area (Å²) >= 11 is 0. The van der Waals surface area contributed by atoms with Crippen LogP contribution in [0.1, 0.15) is 12.5 Å². The normalized spacial score (nSPS) is 10.5. The topological polar surface area (TPSA) is 15.3 Å². The van der Waals surface area contributed by atoms with Gasteiger partial charge in [-0.3, -0.25) is 0 Å². The van der Waals surface area contributed by atoms with E-state index in [1.54, 1.807) is 0 Å². The number of para-hydroxylation sites is 1. The molecule has 2 aromatic carbocycles. The molecule has 0 aromatic heterocycles. The summed E-state index contributed by atoms with van der Waals surface area (Å²) in [5.74, 6) is -0.205. The molecular weight excluding hydrogens is 239 g/mol. The molecule has 0 aliphatic carbocycles. The van der Waals surface area contributed by atoms with E-state index < -0.39 is 0 Å². The molecule has 19 heavy (non-hydrogen) atoms. The summed E-state index contributed by atoms with van der Waals surface area (Å²) in [6.45, 7) is 3.75. The van der Waals surface area contributed by atoms with E-state index in [1.807, 2.05) is 31.3 Å². The number of anilines is 2. The highest BCUT2D eigenvalue weighted by Gasteiger charge is 2.10.